The molecule has 2 aromatic carbocycles. The Bertz CT molecular complexity index is 1190. The first-order chi connectivity index (χ1) is 15.9. The Morgan fingerprint density at radius 1 is 1.06 bits per heavy atom. The Labute approximate surface area is 196 Å². The Morgan fingerprint density at radius 2 is 1.79 bits per heavy atom. The molecule has 0 bridgehead atoms. The van der Waals surface area contributed by atoms with Crippen LogP contribution in [-0.4, -0.2) is 46.7 Å². The highest BCUT2D eigenvalue weighted by Crippen LogP contribution is 2.33. The van der Waals surface area contributed by atoms with Crippen molar-refractivity contribution in [2.45, 2.75) is 18.2 Å². The predicted molar refractivity (Wildman–Crippen MR) is 127 cm³/mol. The van der Waals surface area contributed by atoms with Gasteiger partial charge in [-0.05, 0) is 49.4 Å². The number of amides is 1. The molecule has 0 unspecified atom stereocenters. The fraction of sp³-hybridized carbons (Fsp3) is 0.273. The van der Waals surface area contributed by atoms with Gasteiger partial charge in [0.25, 0.3) is 0 Å². The molecule has 9 nitrogen and oxygen atoms in total. The highest BCUT2D eigenvalue weighted by molar-refractivity contribution is 7.89. The molecule has 176 valence electrons. The Kier molecular flexibility index (Phi) is 8.26. The fourth-order valence-electron chi connectivity index (χ4n) is 2.91. The molecule has 1 heterocycles. The number of anilines is 1. The molecule has 3 aromatic rings. The molecule has 0 spiro atoms. The van der Waals surface area contributed by atoms with Crippen molar-refractivity contribution in [3.63, 3.8) is 0 Å². The first kappa shape index (κ1) is 24.5. The highest BCUT2D eigenvalue weighted by atomic mass is 32.2. The Balaban J connectivity index is 1.54. The second-order valence-electron chi connectivity index (χ2n) is 6.71. The number of benzene rings is 2. The standard InChI is InChI=1S/C22H25N3O6S2/c1-4-31-16-6-8-17(9-7-16)33(27,28)23-12-11-21(26)25-22-24-18(14-32-22)15-5-10-19(29-2)20(13-15)30-3/h5-10,13-14,23H,4,11-12H2,1-3H3,(H,24,25,26). The van der Waals surface area contributed by atoms with E-state index in [0.717, 1.165) is 5.56 Å². The Hall–Kier alpha value is -3.15. The minimum atomic E-state index is -3.73. The molecule has 0 aliphatic rings. The van der Waals surface area contributed by atoms with Crippen LogP contribution in [0.3, 0.4) is 0 Å². The SMILES string of the molecule is CCOc1ccc(S(=O)(=O)NCCC(=O)Nc2nc(-c3ccc(OC)c(OC)c3)cs2)cc1. The van der Waals surface area contributed by atoms with E-state index in [9.17, 15) is 13.2 Å². The number of hydrogen-bond donors (Lipinski definition) is 2. The van der Waals surface area contributed by atoms with E-state index in [2.05, 4.69) is 15.0 Å². The molecule has 0 aliphatic carbocycles. The molecule has 0 fully saturated rings. The van der Waals surface area contributed by atoms with Gasteiger partial charge in [0.05, 0.1) is 31.4 Å². The number of sulfonamides is 1. The van der Waals surface area contributed by atoms with E-state index in [1.165, 1.54) is 23.5 Å². The number of nitrogens with zero attached hydrogens (tertiary/aromatic N) is 1. The number of ether oxygens (including phenoxy) is 3. The number of thiazole rings is 1. The number of carbonyl (C=O) groups excluding carboxylic acids is 1. The van der Waals surface area contributed by atoms with Gasteiger partial charge >= 0.3 is 0 Å². The summed E-state index contributed by atoms with van der Waals surface area (Å²) in [4.78, 5) is 16.8. The lowest BCUT2D eigenvalue weighted by molar-refractivity contribution is -0.116. The van der Waals surface area contributed by atoms with Gasteiger partial charge in [0.1, 0.15) is 5.75 Å². The molecular weight excluding hydrogens is 466 g/mol. The van der Waals surface area contributed by atoms with Crippen LogP contribution in [0.5, 0.6) is 17.2 Å². The molecule has 0 aliphatic heterocycles. The quantitative estimate of drug-likeness (QED) is 0.421. The van der Waals surface area contributed by atoms with Crippen LogP contribution in [0.4, 0.5) is 5.13 Å². The van der Waals surface area contributed by atoms with Gasteiger partial charge in [-0.15, -0.1) is 11.3 Å². The van der Waals surface area contributed by atoms with Gasteiger partial charge in [-0.1, -0.05) is 0 Å². The summed E-state index contributed by atoms with van der Waals surface area (Å²) in [7, 11) is -0.610. The zero-order chi connectivity index (χ0) is 23.8. The van der Waals surface area contributed by atoms with Crippen molar-refractivity contribution in [2.75, 3.05) is 32.7 Å². The molecular formula is C22H25N3O6S2. The minimum Gasteiger partial charge on any atom is -0.494 e. The monoisotopic (exact) mass is 491 g/mol. The third-order valence-corrected chi connectivity index (χ3v) is 6.75. The van der Waals surface area contributed by atoms with Crippen molar-refractivity contribution in [1.82, 2.24) is 9.71 Å². The number of hydrogen-bond acceptors (Lipinski definition) is 8. The smallest absolute Gasteiger partial charge is 0.240 e. The lowest BCUT2D eigenvalue weighted by atomic mass is 10.1. The normalized spacial score (nSPS) is 11.1. The molecule has 0 saturated heterocycles. The topological polar surface area (TPSA) is 116 Å². The average molecular weight is 492 g/mol. The molecule has 3 rings (SSSR count). The second-order valence-corrected chi connectivity index (χ2v) is 9.33. The summed E-state index contributed by atoms with van der Waals surface area (Å²) < 4.78 is 43.1. The summed E-state index contributed by atoms with van der Waals surface area (Å²) in [6.45, 7) is 2.30. The first-order valence-electron chi connectivity index (χ1n) is 10.1. The summed E-state index contributed by atoms with van der Waals surface area (Å²) in [5.74, 6) is 1.43. The van der Waals surface area contributed by atoms with E-state index < -0.39 is 10.0 Å². The van der Waals surface area contributed by atoms with Crippen LogP contribution in [0.1, 0.15) is 13.3 Å². The van der Waals surface area contributed by atoms with Crippen LogP contribution >= 0.6 is 11.3 Å². The molecule has 2 N–H and O–H groups in total. The van der Waals surface area contributed by atoms with E-state index in [0.29, 0.717) is 34.7 Å². The van der Waals surface area contributed by atoms with Crippen molar-refractivity contribution in [3.8, 4) is 28.5 Å². The maximum Gasteiger partial charge on any atom is 0.240 e. The molecule has 11 heteroatoms. The molecule has 0 radical (unpaired) electrons. The lowest BCUT2D eigenvalue weighted by Crippen LogP contribution is -2.27. The zero-order valence-electron chi connectivity index (χ0n) is 18.5. The zero-order valence-corrected chi connectivity index (χ0v) is 20.1. The van der Waals surface area contributed by atoms with Gasteiger partial charge < -0.3 is 19.5 Å². The van der Waals surface area contributed by atoms with Gasteiger partial charge in [-0.2, -0.15) is 0 Å². The molecule has 1 amide bonds. The van der Waals surface area contributed by atoms with Crippen LogP contribution in [0.25, 0.3) is 11.3 Å². The Morgan fingerprint density at radius 3 is 2.45 bits per heavy atom. The van der Waals surface area contributed by atoms with Gasteiger partial charge in [-0.25, -0.2) is 18.1 Å². The molecule has 33 heavy (non-hydrogen) atoms. The van der Waals surface area contributed by atoms with E-state index in [4.69, 9.17) is 14.2 Å². The van der Waals surface area contributed by atoms with Crippen LogP contribution < -0.4 is 24.2 Å². The summed E-state index contributed by atoms with van der Waals surface area (Å²) in [5, 5.41) is 4.92. The second kappa shape index (κ2) is 11.1. The average Bonchev–Trinajstić information content (AvgIpc) is 3.27. The molecule has 1 aromatic heterocycles. The van der Waals surface area contributed by atoms with Crippen molar-refractivity contribution in [2.24, 2.45) is 0 Å². The highest BCUT2D eigenvalue weighted by Gasteiger charge is 2.15. The number of aromatic nitrogens is 1. The van der Waals surface area contributed by atoms with Gasteiger partial charge in [-0.3, -0.25) is 4.79 Å². The maximum absolute atomic E-state index is 12.4. The first-order valence-corrected chi connectivity index (χ1v) is 12.4. The third-order valence-electron chi connectivity index (χ3n) is 4.52. The van der Waals surface area contributed by atoms with E-state index in [-0.39, 0.29) is 23.8 Å². The van der Waals surface area contributed by atoms with Crippen molar-refractivity contribution in [3.05, 3.63) is 47.8 Å². The fourth-order valence-corrected chi connectivity index (χ4v) is 4.67. The van der Waals surface area contributed by atoms with Crippen LogP contribution in [0.2, 0.25) is 0 Å². The van der Waals surface area contributed by atoms with Crippen molar-refractivity contribution < 1.29 is 27.4 Å². The summed E-state index contributed by atoms with van der Waals surface area (Å²) in [6, 6.07) is 11.5. The van der Waals surface area contributed by atoms with Gasteiger partial charge in [0, 0.05) is 23.9 Å². The van der Waals surface area contributed by atoms with E-state index >= 15 is 0 Å². The van der Waals surface area contributed by atoms with Crippen LogP contribution in [-0.2, 0) is 14.8 Å². The van der Waals surface area contributed by atoms with Gasteiger partial charge in [0.2, 0.25) is 15.9 Å². The lowest BCUT2D eigenvalue weighted by Gasteiger charge is -2.08. The number of rotatable bonds is 11. The van der Waals surface area contributed by atoms with Crippen LogP contribution in [0.15, 0.2) is 52.7 Å². The van der Waals surface area contributed by atoms with E-state index in [1.54, 1.807) is 38.5 Å². The molecule has 0 atom stereocenters. The summed E-state index contributed by atoms with van der Waals surface area (Å²) in [6.07, 6.45) is -0.0401. The van der Waals surface area contributed by atoms with Gasteiger partial charge in [0.15, 0.2) is 16.6 Å². The number of nitrogens with one attached hydrogen (secondary N) is 2. The predicted octanol–water partition coefficient (Wildman–Crippen LogP) is 3.53. The van der Waals surface area contributed by atoms with Crippen molar-refractivity contribution >= 4 is 32.4 Å². The summed E-state index contributed by atoms with van der Waals surface area (Å²) in [5.41, 5.74) is 1.49. The number of methoxy groups -OCH3 is 2. The van der Waals surface area contributed by atoms with E-state index in [1.807, 2.05) is 18.4 Å². The number of carbonyl (C=O) groups is 1. The summed E-state index contributed by atoms with van der Waals surface area (Å²) >= 11 is 1.27. The molecule has 0 saturated carbocycles. The maximum atomic E-state index is 12.4. The third kappa shape index (κ3) is 6.44. The van der Waals surface area contributed by atoms with Crippen molar-refractivity contribution in [1.29, 1.82) is 0 Å². The largest absolute Gasteiger partial charge is 0.494 e. The minimum absolute atomic E-state index is 0.0401. The van der Waals surface area contributed by atoms with Crippen LogP contribution in [0, 0.1) is 0 Å².